The third kappa shape index (κ3) is 3.93. The van der Waals surface area contributed by atoms with E-state index in [0.29, 0.717) is 11.3 Å². The van der Waals surface area contributed by atoms with Crippen LogP contribution in [0.5, 0.6) is 0 Å². The largest absolute Gasteiger partial charge is 0.324 e. The molecule has 0 aliphatic carbocycles. The monoisotopic (exact) mass is 452 g/mol. The van der Waals surface area contributed by atoms with Gasteiger partial charge in [0.05, 0.1) is 6.04 Å². The highest BCUT2D eigenvalue weighted by Crippen LogP contribution is 2.38. The van der Waals surface area contributed by atoms with Crippen LogP contribution >= 0.6 is 15.9 Å². The number of nitrogens with one attached hydrogen (secondary N) is 1. The van der Waals surface area contributed by atoms with Crippen molar-refractivity contribution in [2.75, 3.05) is 11.9 Å². The first-order chi connectivity index (χ1) is 13.9. The maximum Gasteiger partial charge on any atom is 0.255 e. The second-order valence-electron chi connectivity index (χ2n) is 7.03. The molecule has 29 heavy (non-hydrogen) atoms. The summed E-state index contributed by atoms with van der Waals surface area (Å²) in [4.78, 5) is 27.5. The number of benzene rings is 3. The molecule has 0 spiro atoms. The van der Waals surface area contributed by atoms with Crippen LogP contribution in [0.1, 0.15) is 33.1 Å². The Kier molecular flexibility index (Phi) is 5.20. The number of amides is 2. The maximum atomic E-state index is 13.6. The van der Waals surface area contributed by atoms with Crippen molar-refractivity contribution in [3.05, 3.63) is 99.3 Å². The molecule has 6 heteroatoms. The van der Waals surface area contributed by atoms with E-state index in [-0.39, 0.29) is 24.2 Å². The zero-order valence-corrected chi connectivity index (χ0v) is 17.2. The van der Waals surface area contributed by atoms with Gasteiger partial charge in [-0.3, -0.25) is 9.59 Å². The SMILES string of the molecule is Cc1ccc(C(=O)N2CC(=O)Nc3ccc(Br)cc3[C@H]2c2ccc(F)cc2)cc1. The molecule has 1 atom stereocenters. The van der Waals surface area contributed by atoms with Gasteiger partial charge in [-0.1, -0.05) is 45.8 Å². The van der Waals surface area contributed by atoms with E-state index in [9.17, 15) is 14.0 Å². The van der Waals surface area contributed by atoms with Crippen LogP contribution in [0.4, 0.5) is 10.1 Å². The summed E-state index contributed by atoms with van der Waals surface area (Å²) in [6.45, 7) is 1.84. The minimum absolute atomic E-state index is 0.110. The molecule has 0 unspecified atom stereocenters. The van der Waals surface area contributed by atoms with Gasteiger partial charge in [0.15, 0.2) is 0 Å². The fourth-order valence-electron chi connectivity index (χ4n) is 3.53. The van der Waals surface area contributed by atoms with E-state index in [0.717, 1.165) is 21.2 Å². The Morgan fingerprint density at radius 2 is 1.76 bits per heavy atom. The summed E-state index contributed by atoms with van der Waals surface area (Å²) < 4.78 is 14.4. The van der Waals surface area contributed by atoms with Gasteiger partial charge in [0.2, 0.25) is 5.91 Å². The second kappa shape index (κ2) is 7.79. The fourth-order valence-corrected chi connectivity index (χ4v) is 3.91. The lowest BCUT2D eigenvalue weighted by Gasteiger charge is -2.31. The topological polar surface area (TPSA) is 49.4 Å². The van der Waals surface area contributed by atoms with E-state index in [2.05, 4.69) is 21.2 Å². The highest BCUT2D eigenvalue weighted by atomic mass is 79.9. The van der Waals surface area contributed by atoms with Gasteiger partial charge < -0.3 is 10.2 Å². The van der Waals surface area contributed by atoms with Crippen molar-refractivity contribution >= 4 is 33.4 Å². The van der Waals surface area contributed by atoms with Gasteiger partial charge in [-0.2, -0.15) is 0 Å². The summed E-state index contributed by atoms with van der Waals surface area (Å²) >= 11 is 3.48. The van der Waals surface area contributed by atoms with Crippen LogP contribution in [0.3, 0.4) is 0 Å². The van der Waals surface area contributed by atoms with Crippen molar-refractivity contribution in [3.63, 3.8) is 0 Å². The fraction of sp³-hybridized carbons (Fsp3) is 0.130. The molecule has 3 aromatic rings. The van der Waals surface area contributed by atoms with Crippen molar-refractivity contribution in [3.8, 4) is 0 Å². The zero-order valence-electron chi connectivity index (χ0n) is 15.7. The van der Waals surface area contributed by atoms with Gasteiger partial charge in [-0.25, -0.2) is 4.39 Å². The molecule has 3 aromatic carbocycles. The molecule has 2 amide bonds. The summed E-state index contributed by atoms with van der Waals surface area (Å²) in [5, 5.41) is 2.88. The number of carbonyl (C=O) groups is 2. The third-order valence-electron chi connectivity index (χ3n) is 4.95. The number of nitrogens with zero attached hydrogens (tertiary/aromatic N) is 1. The molecule has 1 aliphatic heterocycles. The first kappa shape index (κ1) is 19.3. The van der Waals surface area contributed by atoms with Gasteiger partial charge in [-0.15, -0.1) is 0 Å². The van der Waals surface area contributed by atoms with Crippen LogP contribution in [0, 0.1) is 12.7 Å². The van der Waals surface area contributed by atoms with E-state index in [1.54, 1.807) is 30.3 Å². The number of hydrogen-bond donors (Lipinski definition) is 1. The van der Waals surface area contributed by atoms with Crippen LogP contribution in [-0.2, 0) is 4.79 Å². The number of anilines is 1. The lowest BCUT2D eigenvalue weighted by Crippen LogP contribution is -2.39. The van der Waals surface area contributed by atoms with Gasteiger partial charge in [0.25, 0.3) is 5.91 Å². The number of carbonyl (C=O) groups excluding carboxylic acids is 2. The van der Waals surface area contributed by atoms with Gasteiger partial charge >= 0.3 is 0 Å². The summed E-state index contributed by atoms with van der Waals surface area (Å²) in [5.74, 6) is -0.900. The lowest BCUT2D eigenvalue weighted by molar-refractivity contribution is -0.117. The molecule has 146 valence electrons. The molecule has 0 bridgehead atoms. The lowest BCUT2D eigenvalue weighted by atomic mass is 9.95. The quantitative estimate of drug-likeness (QED) is 0.589. The van der Waals surface area contributed by atoms with Gasteiger partial charge in [0.1, 0.15) is 12.4 Å². The predicted molar refractivity (Wildman–Crippen MR) is 113 cm³/mol. The van der Waals surface area contributed by atoms with Crippen molar-refractivity contribution in [1.29, 1.82) is 0 Å². The molecule has 4 rings (SSSR count). The summed E-state index contributed by atoms with van der Waals surface area (Å²) in [6.07, 6.45) is 0. The molecule has 0 saturated heterocycles. The Bertz CT molecular complexity index is 1080. The molecular weight excluding hydrogens is 435 g/mol. The van der Waals surface area contributed by atoms with E-state index < -0.39 is 6.04 Å². The molecule has 1 aliphatic rings. The molecule has 0 saturated carbocycles. The predicted octanol–water partition coefficient (Wildman–Crippen LogP) is 5.08. The Hall–Kier alpha value is -2.99. The van der Waals surface area contributed by atoms with Crippen LogP contribution in [-0.4, -0.2) is 23.3 Å². The molecule has 0 aromatic heterocycles. The Morgan fingerprint density at radius 1 is 1.07 bits per heavy atom. The van der Waals surface area contributed by atoms with Crippen molar-refractivity contribution in [1.82, 2.24) is 4.90 Å². The number of halogens is 2. The van der Waals surface area contributed by atoms with Gasteiger partial charge in [0, 0.05) is 21.3 Å². The first-order valence-corrected chi connectivity index (χ1v) is 9.94. The molecule has 4 nitrogen and oxygen atoms in total. The zero-order chi connectivity index (χ0) is 20.5. The molecule has 1 N–H and O–H groups in total. The average Bonchev–Trinajstić information content (AvgIpc) is 2.84. The van der Waals surface area contributed by atoms with E-state index in [1.807, 2.05) is 31.2 Å². The summed E-state index contributed by atoms with van der Waals surface area (Å²) in [7, 11) is 0. The Balaban J connectivity index is 1.88. The molecular formula is C23H18BrFN2O2. The van der Waals surface area contributed by atoms with Gasteiger partial charge in [-0.05, 0) is 55.0 Å². The summed E-state index contributed by atoms with van der Waals surface area (Å²) in [5.41, 5.74) is 3.65. The highest BCUT2D eigenvalue weighted by Gasteiger charge is 2.34. The Morgan fingerprint density at radius 3 is 2.45 bits per heavy atom. The number of aryl methyl sites for hydroxylation is 1. The first-order valence-electron chi connectivity index (χ1n) is 9.15. The average molecular weight is 453 g/mol. The molecule has 1 heterocycles. The second-order valence-corrected chi connectivity index (χ2v) is 7.95. The third-order valence-corrected chi connectivity index (χ3v) is 5.45. The maximum absolute atomic E-state index is 13.6. The summed E-state index contributed by atoms with van der Waals surface area (Å²) in [6, 6.07) is 18.2. The number of fused-ring (bicyclic) bond motifs is 1. The van der Waals surface area contributed by atoms with E-state index >= 15 is 0 Å². The standard InChI is InChI=1S/C23H18BrFN2O2/c1-14-2-4-16(5-3-14)23(29)27-13-21(28)26-20-11-8-17(24)12-19(20)22(27)15-6-9-18(25)10-7-15/h2-12,22H,13H2,1H3,(H,26,28)/t22-/m1/s1. The van der Waals surface area contributed by atoms with Crippen LogP contribution in [0.25, 0.3) is 0 Å². The van der Waals surface area contributed by atoms with Crippen molar-refractivity contribution in [2.24, 2.45) is 0 Å². The van der Waals surface area contributed by atoms with Crippen LogP contribution in [0.2, 0.25) is 0 Å². The van der Waals surface area contributed by atoms with Crippen LogP contribution < -0.4 is 5.32 Å². The molecule has 0 fully saturated rings. The van der Waals surface area contributed by atoms with E-state index in [1.165, 1.54) is 17.0 Å². The Labute approximate surface area is 176 Å². The number of hydrogen-bond acceptors (Lipinski definition) is 2. The minimum atomic E-state index is -0.546. The highest BCUT2D eigenvalue weighted by molar-refractivity contribution is 9.10. The molecule has 0 radical (unpaired) electrons. The smallest absolute Gasteiger partial charge is 0.255 e. The number of rotatable bonds is 2. The van der Waals surface area contributed by atoms with Crippen LogP contribution in [0.15, 0.2) is 71.2 Å². The van der Waals surface area contributed by atoms with Crippen molar-refractivity contribution < 1.29 is 14.0 Å². The normalized spacial score (nSPS) is 16.0. The minimum Gasteiger partial charge on any atom is -0.324 e. The van der Waals surface area contributed by atoms with Crippen molar-refractivity contribution in [2.45, 2.75) is 13.0 Å². The van der Waals surface area contributed by atoms with E-state index in [4.69, 9.17) is 0 Å².